The molecule has 5 heterocycles. The lowest BCUT2D eigenvalue weighted by atomic mass is 10.2. The average Bonchev–Trinajstić information content (AvgIpc) is 3.73. The van der Waals surface area contributed by atoms with E-state index >= 15 is 0 Å². The number of nitrogen functional groups attached to an aromatic ring is 1. The molecule has 0 spiro atoms. The van der Waals surface area contributed by atoms with Crippen molar-refractivity contribution in [2.24, 2.45) is 0 Å². The summed E-state index contributed by atoms with van der Waals surface area (Å²) >= 11 is 0. The van der Waals surface area contributed by atoms with Gasteiger partial charge in [-0.15, -0.1) is 5.10 Å². The van der Waals surface area contributed by atoms with Crippen LogP contribution in [0.5, 0.6) is 5.75 Å². The zero-order chi connectivity index (χ0) is 28.3. The summed E-state index contributed by atoms with van der Waals surface area (Å²) in [7, 11) is 1.65. The molecule has 0 radical (unpaired) electrons. The predicted molar refractivity (Wildman–Crippen MR) is 151 cm³/mol. The third kappa shape index (κ3) is 5.08. The largest absolute Gasteiger partial charge is 0.491 e. The standard InChI is InChI=1S/C27H30N10O4/c1-39-17-18-40-20-6-4-19(5-7-20)34-13-10-33(11-14-34)12-15-36-24-22(35(9-8-28)27(36)38)25-30-23(21-3-2-16-41-21)32-37(25)26(29)31-24/h2-7,16H,9-15,17-18H2,1H3,(H2,29,31). The van der Waals surface area contributed by atoms with Gasteiger partial charge in [0.15, 0.2) is 17.1 Å². The molecule has 2 N–H and O–H groups in total. The number of anilines is 2. The van der Waals surface area contributed by atoms with E-state index in [2.05, 4.69) is 43.1 Å². The number of ether oxygens (including phenoxy) is 2. The fourth-order valence-corrected chi connectivity index (χ4v) is 5.09. The van der Waals surface area contributed by atoms with Gasteiger partial charge in [-0.2, -0.15) is 14.8 Å². The Balaban J connectivity index is 1.18. The molecule has 14 heteroatoms. The second-order valence-electron chi connectivity index (χ2n) is 9.63. The lowest BCUT2D eigenvalue weighted by molar-refractivity contribution is 0.146. The minimum atomic E-state index is -0.337. The van der Waals surface area contributed by atoms with Crippen molar-refractivity contribution < 1.29 is 13.9 Å². The molecule has 14 nitrogen and oxygen atoms in total. The van der Waals surface area contributed by atoms with Crippen molar-refractivity contribution in [2.75, 3.05) is 63.7 Å². The molecule has 0 bridgehead atoms. The topological polar surface area (TPSA) is 158 Å². The predicted octanol–water partition coefficient (Wildman–Crippen LogP) is 1.45. The molecular formula is C27H30N10O4. The second-order valence-corrected chi connectivity index (χ2v) is 9.63. The highest BCUT2D eigenvalue weighted by Gasteiger charge is 2.24. The Morgan fingerprint density at radius 1 is 1.02 bits per heavy atom. The Morgan fingerprint density at radius 3 is 2.54 bits per heavy atom. The van der Waals surface area contributed by atoms with Gasteiger partial charge < -0.3 is 24.5 Å². The van der Waals surface area contributed by atoms with Crippen LogP contribution in [0, 0.1) is 11.3 Å². The first-order valence-corrected chi connectivity index (χ1v) is 13.3. The van der Waals surface area contributed by atoms with Crippen molar-refractivity contribution in [3.63, 3.8) is 0 Å². The van der Waals surface area contributed by atoms with Gasteiger partial charge in [0.05, 0.1) is 18.9 Å². The van der Waals surface area contributed by atoms with Crippen molar-refractivity contribution in [1.82, 2.24) is 33.6 Å². The van der Waals surface area contributed by atoms with Crippen LogP contribution in [0.3, 0.4) is 0 Å². The fraction of sp³-hybridized carbons (Fsp3) is 0.370. The second kappa shape index (κ2) is 11.3. The van der Waals surface area contributed by atoms with Crippen molar-refractivity contribution in [3.8, 4) is 23.4 Å². The van der Waals surface area contributed by atoms with E-state index in [1.165, 1.54) is 15.3 Å². The number of furan rings is 1. The van der Waals surface area contributed by atoms with Gasteiger partial charge in [-0.1, -0.05) is 0 Å². The summed E-state index contributed by atoms with van der Waals surface area (Å²) in [4.78, 5) is 27.2. The van der Waals surface area contributed by atoms with Crippen LogP contribution in [-0.2, 0) is 17.8 Å². The molecule has 4 aromatic heterocycles. The number of hydrogen-bond donors (Lipinski definition) is 1. The molecule has 1 saturated heterocycles. The van der Waals surface area contributed by atoms with Crippen molar-refractivity contribution in [2.45, 2.75) is 13.1 Å². The monoisotopic (exact) mass is 558 g/mol. The first kappa shape index (κ1) is 26.4. The lowest BCUT2D eigenvalue weighted by Gasteiger charge is -2.36. The Morgan fingerprint density at radius 2 is 1.83 bits per heavy atom. The molecule has 0 aliphatic carbocycles. The highest BCUT2D eigenvalue weighted by molar-refractivity contribution is 5.88. The van der Waals surface area contributed by atoms with Crippen LogP contribution in [0.1, 0.15) is 0 Å². The molecule has 5 aromatic rings. The minimum Gasteiger partial charge on any atom is -0.491 e. The number of rotatable bonds is 10. The van der Waals surface area contributed by atoms with Gasteiger partial charge in [0, 0.05) is 52.1 Å². The van der Waals surface area contributed by atoms with E-state index in [0.29, 0.717) is 54.7 Å². The van der Waals surface area contributed by atoms with E-state index in [1.54, 1.807) is 23.8 Å². The molecule has 212 valence electrons. The molecule has 6 rings (SSSR count). The summed E-state index contributed by atoms with van der Waals surface area (Å²) in [6, 6.07) is 13.6. The summed E-state index contributed by atoms with van der Waals surface area (Å²) < 4.78 is 20.4. The first-order valence-electron chi connectivity index (χ1n) is 13.3. The quantitative estimate of drug-likeness (QED) is 0.247. The van der Waals surface area contributed by atoms with Gasteiger partial charge in [-0.25, -0.2) is 9.78 Å². The number of benzene rings is 1. The molecule has 0 unspecified atom stereocenters. The number of aromatic nitrogens is 6. The number of nitrogens with zero attached hydrogens (tertiary/aromatic N) is 9. The Labute approximate surface area is 234 Å². The van der Waals surface area contributed by atoms with Gasteiger partial charge in [0.2, 0.25) is 11.8 Å². The summed E-state index contributed by atoms with van der Waals surface area (Å²) in [5.41, 5.74) is 8.18. The minimum absolute atomic E-state index is 0.0874. The number of nitriles is 1. The molecule has 0 saturated carbocycles. The lowest BCUT2D eigenvalue weighted by Crippen LogP contribution is -2.47. The third-order valence-electron chi connectivity index (χ3n) is 7.20. The highest BCUT2D eigenvalue weighted by atomic mass is 16.5. The molecule has 1 aromatic carbocycles. The van der Waals surface area contributed by atoms with Crippen LogP contribution in [0.2, 0.25) is 0 Å². The molecule has 0 amide bonds. The SMILES string of the molecule is COCCOc1ccc(N2CCN(CCn3c(=O)n(CC#N)c4c3nc(N)n3nc(-c5ccco5)nc43)CC2)cc1. The maximum absolute atomic E-state index is 13.5. The van der Waals surface area contributed by atoms with E-state index in [1.807, 2.05) is 12.1 Å². The van der Waals surface area contributed by atoms with Gasteiger partial charge in [0.25, 0.3) is 0 Å². The smallest absolute Gasteiger partial charge is 0.331 e. The van der Waals surface area contributed by atoms with E-state index in [-0.39, 0.29) is 18.2 Å². The number of hydrogen-bond acceptors (Lipinski definition) is 11. The summed E-state index contributed by atoms with van der Waals surface area (Å²) in [6.07, 6.45) is 1.52. The van der Waals surface area contributed by atoms with Crippen LogP contribution >= 0.6 is 0 Å². The normalized spacial score (nSPS) is 14.2. The zero-order valence-electron chi connectivity index (χ0n) is 22.6. The molecule has 1 fully saturated rings. The average molecular weight is 559 g/mol. The molecule has 1 aliphatic rings. The van der Waals surface area contributed by atoms with Crippen LogP contribution < -0.4 is 21.1 Å². The van der Waals surface area contributed by atoms with E-state index in [0.717, 1.165) is 37.6 Å². The molecule has 0 atom stereocenters. The number of fused-ring (bicyclic) bond motifs is 3. The molecular weight excluding hydrogens is 528 g/mol. The van der Waals surface area contributed by atoms with Crippen molar-refractivity contribution in [1.29, 1.82) is 5.26 Å². The Hall–Kier alpha value is -4.87. The van der Waals surface area contributed by atoms with Crippen LogP contribution in [0.15, 0.2) is 51.9 Å². The zero-order valence-corrected chi connectivity index (χ0v) is 22.6. The Kier molecular flexibility index (Phi) is 7.28. The summed E-state index contributed by atoms with van der Waals surface area (Å²) in [5.74, 6) is 1.68. The van der Waals surface area contributed by atoms with Crippen LogP contribution in [-0.4, -0.2) is 86.7 Å². The first-order chi connectivity index (χ1) is 20.1. The van der Waals surface area contributed by atoms with Crippen LogP contribution in [0.4, 0.5) is 11.6 Å². The van der Waals surface area contributed by atoms with Gasteiger partial charge in [0.1, 0.15) is 24.4 Å². The maximum Gasteiger partial charge on any atom is 0.331 e. The molecule has 41 heavy (non-hydrogen) atoms. The van der Waals surface area contributed by atoms with E-state index in [4.69, 9.17) is 19.6 Å². The number of nitrogens with two attached hydrogens (primary N) is 1. The number of piperazine rings is 1. The Bertz CT molecular complexity index is 1740. The molecule has 1 aliphatic heterocycles. The van der Waals surface area contributed by atoms with Crippen molar-refractivity contribution in [3.05, 3.63) is 53.1 Å². The highest BCUT2D eigenvalue weighted by Crippen LogP contribution is 2.24. The number of imidazole rings is 1. The number of methoxy groups -OCH3 is 1. The van der Waals surface area contributed by atoms with Crippen molar-refractivity contribution >= 4 is 28.4 Å². The fourth-order valence-electron chi connectivity index (χ4n) is 5.09. The van der Waals surface area contributed by atoms with Gasteiger partial charge >= 0.3 is 5.69 Å². The van der Waals surface area contributed by atoms with Gasteiger partial charge in [-0.05, 0) is 36.4 Å². The van der Waals surface area contributed by atoms with E-state index in [9.17, 15) is 10.1 Å². The van der Waals surface area contributed by atoms with Gasteiger partial charge in [-0.3, -0.25) is 14.0 Å². The maximum atomic E-state index is 13.5. The van der Waals surface area contributed by atoms with Crippen LogP contribution in [0.25, 0.3) is 28.4 Å². The third-order valence-corrected chi connectivity index (χ3v) is 7.20. The summed E-state index contributed by atoms with van der Waals surface area (Å²) in [5, 5.41) is 13.9. The summed E-state index contributed by atoms with van der Waals surface area (Å²) in [6.45, 7) is 5.35. The van der Waals surface area contributed by atoms with E-state index < -0.39 is 0 Å².